The minimum absolute atomic E-state index is 0.0367. The molecule has 1 aliphatic rings. The summed E-state index contributed by atoms with van der Waals surface area (Å²) in [5.41, 5.74) is 3.27. The average molecular weight is 465 g/mol. The minimum atomic E-state index is -0.445. The fourth-order valence-corrected chi connectivity index (χ4v) is 3.93. The number of carbonyl (C=O) groups is 1. The van der Waals surface area contributed by atoms with Gasteiger partial charge in [-0.15, -0.1) is 0 Å². The highest BCUT2D eigenvalue weighted by molar-refractivity contribution is 5.89. The number of halogens is 1. The molecule has 3 N–H and O–H groups in total. The number of nitrogens with zero attached hydrogens (tertiary/aromatic N) is 2. The summed E-state index contributed by atoms with van der Waals surface area (Å²) in [7, 11) is 0. The number of aromatic nitrogens is 1. The Morgan fingerprint density at radius 3 is 2.59 bits per heavy atom. The summed E-state index contributed by atoms with van der Waals surface area (Å²) in [5, 5.41) is 16.5. The van der Waals surface area contributed by atoms with Crippen LogP contribution in [0.5, 0.6) is 5.75 Å². The van der Waals surface area contributed by atoms with Crippen molar-refractivity contribution in [1.82, 2.24) is 9.88 Å². The van der Waals surface area contributed by atoms with Crippen molar-refractivity contribution in [2.45, 2.75) is 13.3 Å². The highest BCUT2D eigenvalue weighted by Gasteiger charge is 2.13. The third kappa shape index (κ3) is 6.30. The molecular weight excluding hydrogens is 435 g/mol. The Kier molecular flexibility index (Phi) is 7.72. The third-order valence-electron chi connectivity index (χ3n) is 5.66. The van der Waals surface area contributed by atoms with Crippen LogP contribution >= 0.6 is 0 Å². The van der Waals surface area contributed by atoms with Crippen LogP contribution in [0.2, 0.25) is 0 Å². The summed E-state index contributed by atoms with van der Waals surface area (Å²) < 4.78 is 19.3. The van der Waals surface area contributed by atoms with Crippen LogP contribution in [0.1, 0.15) is 13.3 Å². The Labute approximate surface area is 198 Å². The molecule has 0 spiro atoms. The van der Waals surface area contributed by atoms with E-state index in [1.165, 1.54) is 25.1 Å². The van der Waals surface area contributed by atoms with Crippen molar-refractivity contribution in [2.24, 2.45) is 0 Å². The predicted octanol–water partition coefficient (Wildman–Crippen LogP) is 4.35. The number of rotatable bonds is 8. The zero-order chi connectivity index (χ0) is 23.9. The van der Waals surface area contributed by atoms with E-state index in [4.69, 9.17) is 4.74 Å². The number of morpholine rings is 1. The number of phenolic OH excluding ortho intramolecular Hbond substituents is 1. The molecule has 8 heteroatoms. The molecule has 0 unspecified atom stereocenters. The lowest BCUT2D eigenvalue weighted by Gasteiger charge is -2.26. The molecule has 2 heterocycles. The van der Waals surface area contributed by atoms with Crippen molar-refractivity contribution in [3.8, 4) is 28.1 Å². The number of nitrogens with one attached hydrogen (secondary N) is 2. The van der Waals surface area contributed by atoms with E-state index >= 15 is 0 Å². The van der Waals surface area contributed by atoms with E-state index in [1.807, 2.05) is 36.4 Å². The van der Waals surface area contributed by atoms with E-state index in [0.29, 0.717) is 22.8 Å². The molecule has 3 aromatic rings. The highest BCUT2D eigenvalue weighted by atomic mass is 19.1. The molecular formula is C26H29FN4O3. The van der Waals surface area contributed by atoms with Gasteiger partial charge in [-0.3, -0.25) is 9.69 Å². The second-order valence-electron chi connectivity index (χ2n) is 8.28. The fourth-order valence-electron chi connectivity index (χ4n) is 3.93. The maximum Gasteiger partial charge on any atom is 0.221 e. The van der Waals surface area contributed by atoms with E-state index < -0.39 is 5.82 Å². The molecule has 0 bridgehead atoms. The summed E-state index contributed by atoms with van der Waals surface area (Å²) in [6.07, 6.45) is 0.942. The van der Waals surface area contributed by atoms with Gasteiger partial charge in [0, 0.05) is 37.8 Å². The predicted molar refractivity (Wildman–Crippen MR) is 131 cm³/mol. The molecule has 7 nitrogen and oxygen atoms in total. The van der Waals surface area contributed by atoms with Crippen molar-refractivity contribution in [1.29, 1.82) is 0 Å². The van der Waals surface area contributed by atoms with E-state index in [1.54, 1.807) is 0 Å². The lowest BCUT2D eigenvalue weighted by molar-refractivity contribution is -0.114. The maximum absolute atomic E-state index is 13.9. The van der Waals surface area contributed by atoms with E-state index in [2.05, 4.69) is 20.5 Å². The van der Waals surface area contributed by atoms with Crippen molar-refractivity contribution in [3.05, 3.63) is 60.4 Å². The van der Waals surface area contributed by atoms with E-state index in [0.717, 1.165) is 56.9 Å². The van der Waals surface area contributed by atoms with Gasteiger partial charge in [-0.05, 0) is 66.6 Å². The number of phenols is 1. The molecule has 1 aliphatic heterocycles. The Balaban J connectivity index is 1.57. The molecule has 34 heavy (non-hydrogen) atoms. The smallest absolute Gasteiger partial charge is 0.221 e. The maximum atomic E-state index is 13.9. The SMILES string of the molecule is CC(=O)Nc1ccc(-c2cc(NCCCN3CCOCC3)nc(-c3cc(F)ccc3O)c2)cc1. The first kappa shape index (κ1) is 23.7. The first-order chi connectivity index (χ1) is 16.5. The summed E-state index contributed by atoms with van der Waals surface area (Å²) in [6, 6.07) is 15.0. The number of pyridine rings is 1. The first-order valence-electron chi connectivity index (χ1n) is 11.4. The fraction of sp³-hybridized carbons (Fsp3) is 0.308. The number of anilines is 2. The van der Waals surface area contributed by atoms with Gasteiger partial charge in [0.1, 0.15) is 17.4 Å². The summed E-state index contributed by atoms with van der Waals surface area (Å²) in [5.74, 6) is 0.0261. The van der Waals surface area contributed by atoms with Crippen LogP contribution in [0.15, 0.2) is 54.6 Å². The summed E-state index contributed by atoms with van der Waals surface area (Å²) in [4.78, 5) is 18.3. The molecule has 0 radical (unpaired) electrons. The summed E-state index contributed by atoms with van der Waals surface area (Å²) >= 11 is 0. The molecule has 2 aromatic carbocycles. The first-order valence-corrected chi connectivity index (χ1v) is 11.4. The van der Waals surface area contributed by atoms with Gasteiger partial charge < -0.3 is 20.5 Å². The number of hydrogen-bond donors (Lipinski definition) is 3. The number of benzene rings is 2. The standard InChI is InChI=1S/C26H29FN4O3/c1-18(32)29-22-6-3-19(4-7-22)20-15-24(23-17-21(27)5-8-25(23)33)30-26(16-20)28-9-2-10-31-11-13-34-14-12-31/h3-8,15-17,33H,2,9-14H2,1H3,(H,28,30)(H,29,32). The Hall–Kier alpha value is -3.49. The Morgan fingerprint density at radius 2 is 1.85 bits per heavy atom. The van der Waals surface area contributed by atoms with Crippen LogP contribution in [0.25, 0.3) is 22.4 Å². The second-order valence-corrected chi connectivity index (χ2v) is 8.28. The lowest BCUT2D eigenvalue weighted by Crippen LogP contribution is -2.37. The Bertz CT molecular complexity index is 1130. The van der Waals surface area contributed by atoms with Gasteiger partial charge in [0.15, 0.2) is 0 Å². The average Bonchev–Trinajstić information content (AvgIpc) is 2.84. The van der Waals surface area contributed by atoms with Gasteiger partial charge >= 0.3 is 0 Å². The van der Waals surface area contributed by atoms with Gasteiger partial charge in [0.25, 0.3) is 0 Å². The number of aromatic hydroxyl groups is 1. The molecule has 1 saturated heterocycles. The molecule has 1 amide bonds. The van der Waals surface area contributed by atoms with Gasteiger partial charge in [0.2, 0.25) is 5.91 Å². The molecule has 1 aromatic heterocycles. The normalized spacial score (nSPS) is 14.1. The molecule has 0 atom stereocenters. The van der Waals surface area contributed by atoms with Crippen molar-refractivity contribution >= 4 is 17.4 Å². The minimum Gasteiger partial charge on any atom is -0.507 e. The zero-order valence-electron chi connectivity index (χ0n) is 19.2. The van der Waals surface area contributed by atoms with Crippen LogP contribution < -0.4 is 10.6 Å². The molecule has 178 valence electrons. The molecule has 1 fully saturated rings. The topological polar surface area (TPSA) is 86.7 Å². The van der Waals surface area contributed by atoms with Crippen molar-refractivity contribution < 1.29 is 19.0 Å². The number of amides is 1. The monoisotopic (exact) mass is 464 g/mol. The quantitative estimate of drug-likeness (QED) is 0.430. The number of ether oxygens (including phenoxy) is 1. The Morgan fingerprint density at radius 1 is 1.09 bits per heavy atom. The molecule has 4 rings (SSSR count). The van der Waals surface area contributed by atoms with Gasteiger partial charge in [-0.2, -0.15) is 0 Å². The second kappa shape index (κ2) is 11.1. The van der Waals surface area contributed by atoms with Crippen LogP contribution in [0.3, 0.4) is 0 Å². The van der Waals surface area contributed by atoms with Gasteiger partial charge in [-0.25, -0.2) is 9.37 Å². The largest absolute Gasteiger partial charge is 0.507 e. The number of carbonyl (C=O) groups excluding carboxylic acids is 1. The van der Waals surface area contributed by atoms with Gasteiger partial charge in [0.05, 0.1) is 18.9 Å². The van der Waals surface area contributed by atoms with Crippen molar-refractivity contribution in [2.75, 3.05) is 50.0 Å². The molecule has 0 saturated carbocycles. The highest BCUT2D eigenvalue weighted by Crippen LogP contribution is 2.33. The summed E-state index contributed by atoms with van der Waals surface area (Å²) in [6.45, 7) is 6.61. The number of hydrogen-bond acceptors (Lipinski definition) is 6. The van der Waals surface area contributed by atoms with Crippen LogP contribution in [0.4, 0.5) is 15.9 Å². The van der Waals surface area contributed by atoms with Gasteiger partial charge in [-0.1, -0.05) is 12.1 Å². The lowest BCUT2D eigenvalue weighted by atomic mass is 10.0. The van der Waals surface area contributed by atoms with E-state index in [9.17, 15) is 14.3 Å². The van der Waals surface area contributed by atoms with E-state index in [-0.39, 0.29) is 11.7 Å². The van der Waals surface area contributed by atoms with Crippen LogP contribution in [-0.4, -0.2) is 60.3 Å². The van der Waals surface area contributed by atoms with Crippen LogP contribution in [0, 0.1) is 5.82 Å². The third-order valence-corrected chi connectivity index (χ3v) is 5.66. The van der Waals surface area contributed by atoms with Crippen LogP contribution in [-0.2, 0) is 9.53 Å². The van der Waals surface area contributed by atoms with Crippen molar-refractivity contribution in [3.63, 3.8) is 0 Å². The molecule has 0 aliphatic carbocycles. The zero-order valence-corrected chi connectivity index (χ0v) is 19.2.